The topological polar surface area (TPSA) is 56.5 Å². The summed E-state index contributed by atoms with van der Waals surface area (Å²) >= 11 is 3.37. The van der Waals surface area contributed by atoms with Gasteiger partial charge in [-0.05, 0) is 31.9 Å². The molecule has 0 aliphatic rings. The summed E-state index contributed by atoms with van der Waals surface area (Å²) in [6.45, 7) is 9.23. The lowest BCUT2D eigenvalue weighted by Gasteiger charge is -2.11. The standard InChI is InChI=1S/C20H25N5S2/c1-14(2)27-20-24-23-18(13-26-19-21-15(3)12-16(4)22-19)25(20)11-10-17-8-6-5-7-9-17/h5-9,12,14H,10-11,13H2,1-4H3. The van der Waals surface area contributed by atoms with Crippen molar-refractivity contribution in [3.63, 3.8) is 0 Å². The molecule has 0 atom stereocenters. The van der Waals surface area contributed by atoms with Crippen molar-refractivity contribution in [3.05, 3.63) is 59.2 Å². The van der Waals surface area contributed by atoms with Crippen LogP contribution in [0.2, 0.25) is 0 Å². The van der Waals surface area contributed by atoms with Crippen LogP contribution in [0, 0.1) is 13.8 Å². The molecular formula is C20H25N5S2. The van der Waals surface area contributed by atoms with Crippen molar-refractivity contribution in [2.75, 3.05) is 0 Å². The molecule has 5 nitrogen and oxygen atoms in total. The fourth-order valence-electron chi connectivity index (χ4n) is 2.72. The zero-order valence-electron chi connectivity index (χ0n) is 16.2. The maximum atomic E-state index is 4.52. The lowest BCUT2D eigenvalue weighted by molar-refractivity contribution is 0.614. The second-order valence-electron chi connectivity index (χ2n) is 6.67. The van der Waals surface area contributed by atoms with E-state index in [9.17, 15) is 0 Å². The van der Waals surface area contributed by atoms with Crippen LogP contribution in [-0.2, 0) is 18.7 Å². The molecule has 0 bridgehead atoms. The van der Waals surface area contributed by atoms with Gasteiger partial charge in [-0.25, -0.2) is 9.97 Å². The molecule has 1 aromatic carbocycles. The number of aryl methyl sites for hydroxylation is 3. The number of hydrogen-bond donors (Lipinski definition) is 0. The van der Waals surface area contributed by atoms with Crippen LogP contribution in [-0.4, -0.2) is 30.0 Å². The number of aromatic nitrogens is 5. The van der Waals surface area contributed by atoms with Crippen molar-refractivity contribution in [1.82, 2.24) is 24.7 Å². The van der Waals surface area contributed by atoms with Gasteiger partial charge < -0.3 is 4.57 Å². The third-order valence-corrected chi connectivity index (χ3v) is 5.72. The molecule has 0 aliphatic carbocycles. The minimum atomic E-state index is 0.466. The molecule has 0 spiro atoms. The minimum absolute atomic E-state index is 0.466. The molecule has 0 N–H and O–H groups in total. The zero-order valence-corrected chi connectivity index (χ0v) is 17.8. The van der Waals surface area contributed by atoms with Gasteiger partial charge in [-0.1, -0.05) is 67.7 Å². The summed E-state index contributed by atoms with van der Waals surface area (Å²) < 4.78 is 2.24. The van der Waals surface area contributed by atoms with E-state index in [0.717, 1.165) is 40.5 Å². The zero-order chi connectivity index (χ0) is 19.2. The Kier molecular flexibility index (Phi) is 6.90. The van der Waals surface area contributed by atoms with Gasteiger partial charge in [-0.2, -0.15) is 0 Å². The summed E-state index contributed by atoms with van der Waals surface area (Å²) in [4.78, 5) is 9.03. The van der Waals surface area contributed by atoms with Crippen LogP contribution in [0.1, 0.15) is 36.6 Å². The molecule has 3 rings (SSSR count). The molecule has 0 saturated heterocycles. The highest BCUT2D eigenvalue weighted by Gasteiger charge is 2.15. The molecule has 7 heteroatoms. The molecule has 3 aromatic rings. The van der Waals surface area contributed by atoms with Crippen molar-refractivity contribution in [3.8, 4) is 0 Å². The van der Waals surface area contributed by atoms with E-state index >= 15 is 0 Å². The molecule has 142 valence electrons. The molecule has 2 aromatic heterocycles. The first-order valence-electron chi connectivity index (χ1n) is 9.09. The molecule has 27 heavy (non-hydrogen) atoms. The molecule has 0 amide bonds. The van der Waals surface area contributed by atoms with Crippen LogP contribution in [0.5, 0.6) is 0 Å². The van der Waals surface area contributed by atoms with Gasteiger partial charge in [-0.3, -0.25) is 0 Å². The van der Waals surface area contributed by atoms with Gasteiger partial charge in [0.2, 0.25) is 0 Å². The predicted octanol–water partition coefficient (Wildman–Crippen LogP) is 4.72. The van der Waals surface area contributed by atoms with Gasteiger partial charge in [0.05, 0.1) is 5.75 Å². The van der Waals surface area contributed by atoms with Crippen molar-refractivity contribution >= 4 is 23.5 Å². The van der Waals surface area contributed by atoms with Gasteiger partial charge in [-0.15, -0.1) is 10.2 Å². The minimum Gasteiger partial charge on any atom is -0.305 e. The van der Waals surface area contributed by atoms with Gasteiger partial charge in [0.15, 0.2) is 10.3 Å². The number of nitrogens with zero attached hydrogens (tertiary/aromatic N) is 5. The van der Waals surface area contributed by atoms with Gasteiger partial charge in [0, 0.05) is 23.2 Å². The van der Waals surface area contributed by atoms with Crippen molar-refractivity contribution in [2.24, 2.45) is 0 Å². The van der Waals surface area contributed by atoms with Crippen LogP contribution < -0.4 is 0 Å². The highest BCUT2D eigenvalue weighted by atomic mass is 32.2. The fraction of sp³-hybridized carbons (Fsp3) is 0.400. The Morgan fingerprint density at radius 2 is 1.70 bits per heavy atom. The first kappa shape index (κ1) is 19.9. The Balaban J connectivity index is 1.76. The summed E-state index contributed by atoms with van der Waals surface area (Å²) in [7, 11) is 0. The third kappa shape index (κ3) is 5.81. The quantitative estimate of drug-likeness (QED) is 0.403. The smallest absolute Gasteiger partial charge is 0.191 e. The average Bonchev–Trinajstić information content (AvgIpc) is 2.99. The predicted molar refractivity (Wildman–Crippen MR) is 112 cm³/mol. The summed E-state index contributed by atoms with van der Waals surface area (Å²) in [5, 5.41) is 11.1. The lowest BCUT2D eigenvalue weighted by Crippen LogP contribution is -2.08. The second kappa shape index (κ2) is 9.37. The van der Waals surface area contributed by atoms with E-state index in [1.807, 2.05) is 26.0 Å². The maximum absolute atomic E-state index is 4.52. The number of hydrogen-bond acceptors (Lipinski definition) is 6. The Bertz CT molecular complexity index is 857. The van der Waals surface area contributed by atoms with Gasteiger partial charge >= 0.3 is 0 Å². The van der Waals surface area contributed by atoms with Crippen molar-refractivity contribution in [1.29, 1.82) is 0 Å². The van der Waals surface area contributed by atoms with E-state index in [-0.39, 0.29) is 0 Å². The van der Waals surface area contributed by atoms with Gasteiger partial charge in [0.25, 0.3) is 0 Å². The summed E-state index contributed by atoms with van der Waals surface area (Å²) in [6, 6.07) is 12.5. The van der Waals surface area contributed by atoms with E-state index in [4.69, 9.17) is 0 Å². The highest BCUT2D eigenvalue weighted by Crippen LogP contribution is 2.25. The maximum Gasteiger partial charge on any atom is 0.191 e. The van der Waals surface area contributed by atoms with E-state index in [1.165, 1.54) is 5.56 Å². The fourth-order valence-corrected chi connectivity index (χ4v) is 4.44. The molecule has 0 saturated carbocycles. The van der Waals surface area contributed by atoms with Crippen LogP contribution in [0.25, 0.3) is 0 Å². The number of thioether (sulfide) groups is 2. The number of rotatable bonds is 8. The van der Waals surface area contributed by atoms with E-state index in [1.54, 1.807) is 23.5 Å². The summed E-state index contributed by atoms with van der Waals surface area (Å²) in [5.74, 6) is 1.69. The van der Waals surface area contributed by atoms with E-state index in [2.05, 4.69) is 62.8 Å². The monoisotopic (exact) mass is 399 g/mol. The molecule has 0 fully saturated rings. The third-order valence-electron chi connectivity index (χ3n) is 3.89. The molecule has 0 unspecified atom stereocenters. The first-order valence-corrected chi connectivity index (χ1v) is 11.0. The largest absolute Gasteiger partial charge is 0.305 e. The molecule has 2 heterocycles. The average molecular weight is 400 g/mol. The summed E-state index contributed by atoms with van der Waals surface area (Å²) in [5.41, 5.74) is 3.31. The van der Waals surface area contributed by atoms with E-state index < -0.39 is 0 Å². The Hall–Kier alpha value is -1.86. The molecular weight excluding hydrogens is 374 g/mol. The van der Waals surface area contributed by atoms with Gasteiger partial charge in [0.1, 0.15) is 5.82 Å². The van der Waals surface area contributed by atoms with E-state index in [0.29, 0.717) is 11.0 Å². The highest BCUT2D eigenvalue weighted by molar-refractivity contribution is 7.99. The second-order valence-corrected chi connectivity index (χ2v) is 9.16. The Labute approximate surface area is 169 Å². The van der Waals surface area contributed by atoms with Crippen LogP contribution >= 0.6 is 23.5 Å². The summed E-state index contributed by atoms with van der Waals surface area (Å²) in [6.07, 6.45) is 0.961. The first-order chi connectivity index (χ1) is 13.0. The Morgan fingerprint density at radius 1 is 1.00 bits per heavy atom. The number of benzene rings is 1. The van der Waals surface area contributed by atoms with Crippen molar-refractivity contribution < 1.29 is 0 Å². The SMILES string of the molecule is Cc1cc(C)nc(SCc2nnc(SC(C)C)n2CCc2ccccc2)n1. The van der Waals surface area contributed by atoms with Crippen molar-refractivity contribution in [2.45, 2.75) is 62.0 Å². The molecule has 0 aliphatic heterocycles. The van der Waals surface area contributed by atoms with Crippen LogP contribution in [0.4, 0.5) is 0 Å². The van der Waals surface area contributed by atoms with Crippen LogP contribution in [0.15, 0.2) is 46.7 Å². The van der Waals surface area contributed by atoms with Crippen LogP contribution in [0.3, 0.4) is 0 Å². The lowest BCUT2D eigenvalue weighted by atomic mass is 10.1. The Morgan fingerprint density at radius 3 is 2.37 bits per heavy atom. The molecule has 0 radical (unpaired) electrons. The normalized spacial score (nSPS) is 11.3.